The third-order valence-electron chi connectivity index (χ3n) is 5.22. The van der Waals surface area contributed by atoms with Crippen LogP contribution in [0.15, 0.2) is 63.2 Å². The molecule has 0 radical (unpaired) electrons. The molecule has 0 fully saturated rings. The first-order chi connectivity index (χ1) is 13.8. The molecule has 0 spiro atoms. The van der Waals surface area contributed by atoms with E-state index in [1.54, 1.807) is 47.2 Å². The Hall–Kier alpha value is -3.26. The average molecular weight is 409 g/mol. The van der Waals surface area contributed by atoms with Crippen molar-refractivity contribution in [3.63, 3.8) is 0 Å². The summed E-state index contributed by atoms with van der Waals surface area (Å²) in [4.78, 5) is 17.6. The molecular weight excluding hydrogens is 388 g/mol. The summed E-state index contributed by atoms with van der Waals surface area (Å²) in [6.07, 6.45) is 1.61. The fraction of sp³-hybridized carbons (Fsp3) is 0.190. The van der Waals surface area contributed by atoms with E-state index in [1.165, 1.54) is 10.5 Å². The summed E-state index contributed by atoms with van der Waals surface area (Å²) in [5.41, 5.74) is 8.62. The van der Waals surface area contributed by atoms with Crippen molar-refractivity contribution < 1.29 is 13.0 Å². The van der Waals surface area contributed by atoms with Crippen molar-refractivity contribution in [2.45, 2.75) is 37.1 Å². The highest BCUT2D eigenvalue weighted by Gasteiger charge is 2.29. The van der Waals surface area contributed by atoms with Crippen LogP contribution in [0.4, 0.5) is 5.82 Å². The van der Waals surface area contributed by atoms with Gasteiger partial charge in [0.15, 0.2) is 0 Å². The van der Waals surface area contributed by atoms with E-state index in [2.05, 4.69) is 4.98 Å². The first kappa shape index (κ1) is 19.1. The molecule has 148 valence electrons. The number of hydrogen-bond donors (Lipinski definition) is 1. The van der Waals surface area contributed by atoms with Gasteiger partial charge in [0.25, 0.3) is 11.2 Å². The molecule has 0 aliphatic rings. The molecule has 0 amide bonds. The zero-order chi connectivity index (χ0) is 20.9. The number of rotatable bonds is 3. The highest BCUT2D eigenvalue weighted by molar-refractivity contribution is 7.91. The number of nitrogens with zero attached hydrogens (tertiary/aromatic N) is 3. The van der Waals surface area contributed by atoms with E-state index in [9.17, 15) is 13.2 Å². The van der Waals surface area contributed by atoms with Crippen LogP contribution in [0.5, 0.6) is 0 Å². The third kappa shape index (κ3) is 2.87. The van der Waals surface area contributed by atoms with Crippen LogP contribution in [-0.4, -0.2) is 17.8 Å². The van der Waals surface area contributed by atoms with Crippen molar-refractivity contribution in [1.82, 2.24) is 9.38 Å². The monoisotopic (exact) mass is 409 g/mol. The molecule has 4 rings (SSSR count). The Balaban J connectivity index is 2.11. The van der Waals surface area contributed by atoms with Crippen LogP contribution in [-0.2, 0) is 16.4 Å². The molecule has 29 heavy (non-hydrogen) atoms. The zero-order valence-corrected chi connectivity index (χ0v) is 17.2. The maximum atomic E-state index is 13.4. The molecule has 4 aromatic rings. The summed E-state index contributed by atoms with van der Waals surface area (Å²) >= 11 is 0. The number of fused-ring (bicyclic) bond motifs is 2. The second-order valence-electron chi connectivity index (χ2n) is 6.97. The minimum atomic E-state index is -3.92. The van der Waals surface area contributed by atoms with Gasteiger partial charge in [-0.2, -0.15) is 0 Å². The lowest BCUT2D eigenvalue weighted by atomic mass is 10.1. The number of hydrogen-bond acceptors (Lipinski definition) is 5. The van der Waals surface area contributed by atoms with Crippen LogP contribution in [0.25, 0.3) is 16.7 Å². The highest BCUT2D eigenvalue weighted by atomic mass is 32.2. The normalized spacial score (nSPS) is 12.0. The van der Waals surface area contributed by atoms with Crippen molar-refractivity contribution in [2.24, 2.45) is 0 Å². The minimum absolute atomic E-state index is 0.0606. The van der Waals surface area contributed by atoms with Crippen molar-refractivity contribution in [1.29, 1.82) is 0 Å². The van der Waals surface area contributed by atoms with Crippen molar-refractivity contribution in [3.8, 4) is 0 Å². The summed E-state index contributed by atoms with van der Waals surface area (Å²) in [5, 5.41) is 0.201. The summed E-state index contributed by atoms with van der Waals surface area (Å²) in [6, 6.07) is 11.5. The maximum Gasteiger partial charge on any atom is 0.278 e. The van der Waals surface area contributed by atoms with Gasteiger partial charge in [-0.3, -0.25) is 9.20 Å². The van der Waals surface area contributed by atoms with Crippen LogP contribution in [0.1, 0.15) is 18.1 Å². The second-order valence-corrected chi connectivity index (χ2v) is 8.89. The smallest absolute Gasteiger partial charge is 0.278 e. The van der Waals surface area contributed by atoms with Gasteiger partial charge >= 0.3 is 0 Å². The number of pyridine rings is 2. The average Bonchev–Trinajstić information content (AvgIpc) is 2.70. The third-order valence-corrected chi connectivity index (χ3v) is 7.00. The molecule has 0 bridgehead atoms. The van der Waals surface area contributed by atoms with Gasteiger partial charge in [0, 0.05) is 6.20 Å². The first-order valence-corrected chi connectivity index (χ1v) is 10.7. The molecule has 0 unspecified atom stereocenters. The fourth-order valence-corrected chi connectivity index (χ4v) is 4.91. The Kier molecular flexibility index (Phi) is 4.38. The molecule has 1 aromatic carbocycles. The number of aromatic nitrogens is 3. The molecule has 0 saturated carbocycles. The standard InChI is InChI=1S/C21H20N4O3S/c1-4-24-19(22)17(29(27,28)15-9-8-13(2)14(3)11-15)12-16-20(24)23-18-7-5-6-10-25(18)21(16)26/h5-12,22H,4H2,1-3H3/p+1. The number of sulfone groups is 1. The van der Waals surface area contributed by atoms with Gasteiger partial charge in [-0.05, 0) is 62.2 Å². The molecule has 7 nitrogen and oxygen atoms in total. The SMILES string of the molecule is CC[n+]1c(N)c(S(=O)(=O)c2ccc(C)c(C)c2)cc2c(=O)n3ccccc3nc21. The Bertz CT molecular complexity index is 1460. The van der Waals surface area contributed by atoms with Gasteiger partial charge in [0.2, 0.25) is 21.3 Å². The molecule has 0 atom stereocenters. The van der Waals surface area contributed by atoms with E-state index >= 15 is 0 Å². The number of benzene rings is 1. The second kappa shape index (κ2) is 6.66. The van der Waals surface area contributed by atoms with E-state index in [4.69, 9.17) is 5.73 Å². The minimum Gasteiger partial charge on any atom is -0.317 e. The van der Waals surface area contributed by atoms with E-state index in [-0.39, 0.29) is 26.6 Å². The van der Waals surface area contributed by atoms with Crippen molar-refractivity contribution in [3.05, 3.63) is 70.1 Å². The Labute approximate surface area is 168 Å². The molecule has 2 N–H and O–H groups in total. The quantitative estimate of drug-likeness (QED) is 0.413. The maximum absolute atomic E-state index is 13.4. The van der Waals surface area contributed by atoms with E-state index < -0.39 is 9.84 Å². The number of anilines is 1. The Morgan fingerprint density at radius 2 is 1.86 bits per heavy atom. The van der Waals surface area contributed by atoms with Gasteiger partial charge in [-0.25, -0.2) is 13.0 Å². The largest absolute Gasteiger partial charge is 0.317 e. The number of nitrogens with two attached hydrogens (primary N) is 1. The molecule has 8 heteroatoms. The molecule has 0 aliphatic carbocycles. The lowest BCUT2D eigenvalue weighted by molar-refractivity contribution is -0.656. The predicted molar refractivity (Wildman–Crippen MR) is 111 cm³/mol. The lowest BCUT2D eigenvalue weighted by Gasteiger charge is -2.12. The van der Waals surface area contributed by atoms with Crippen LogP contribution in [0.2, 0.25) is 0 Å². The number of nitrogen functional groups attached to an aromatic ring is 1. The first-order valence-electron chi connectivity index (χ1n) is 9.21. The van der Waals surface area contributed by atoms with E-state index in [1.807, 2.05) is 20.8 Å². The summed E-state index contributed by atoms with van der Waals surface area (Å²) in [6.45, 7) is 5.97. The molecule has 3 aromatic heterocycles. The zero-order valence-electron chi connectivity index (χ0n) is 16.4. The van der Waals surface area contributed by atoms with Gasteiger partial charge in [-0.1, -0.05) is 17.1 Å². The summed E-state index contributed by atoms with van der Waals surface area (Å²) in [5.74, 6) is 0.0606. The van der Waals surface area contributed by atoms with Gasteiger partial charge < -0.3 is 5.73 Å². The fourth-order valence-electron chi connectivity index (χ4n) is 3.42. The van der Waals surface area contributed by atoms with Crippen LogP contribution >= 0.6 is 0 Å². The van der Waals surface area contributed by atoms with Crippen LogP contribution in [0, 0.1) is 13.8 Å². The van der Waals surface area contributed by atoms with E-state index in [0.717, 1.165) is 11.1 Å². The van der Waals surface area contributed by atoms with Crippen LogP contribution in [0.3, 0.4) is 0 Å². The van der Waals surface area contributed by atoms with Gasteiger partial charge in [0.05, 0.1) is 11.4 Å². The topological polar surface area (TPSA) is 98.4 Å². The molecular formula is C21H21N4O3S+. The lowest BCUT2D eigenvalue weighted by Crippen LogP contribution is -2.40. The Morgan fingerprint density at radius 3 is 2.55 bits per heavy atom. The molecule has 3 heterocycles. The highest BCUT2D eigenvalue weighted by Crippen LogP contribution is 2.27. The predicted octanol–water partition coefficient (Wildman–Crippen LogP) is 2.19. The molecule has 0 saturated heterocycles. The van der Waals surface area contributed by atoms with Gasteiger partial charge in [0.1, 0.15) is 10.3 Å². The van der Waals surface area contributed by atoms with Crippen LogP contribution < -0.4 is 15.9 Å². The van der Waals surface area contributed by atoms with Crippen molar-refractivity contribution >= 4 is 32.3 Å². The van der Waals surface area contributed by atoms with Crippen molar-refractivity contribution in [2.75, 3.05) is 5.73 Å². The number of aryl methyl sites for hydroxylation is 3. The molecule has 0 aliphatic heterocycles. The summed E-state index contributed by atoms with van der Waals surface area (Å²) in [7, 11) is -3.92. The Morgan fingerprint density at radius 1 is 1.10 bits per heavy atom. The van der Waals surface area contributed by atoms with Gasteiger partial charge in [-0.15, -0.1) is 0 Å². The van der Waals surface area contributed by atoms with E-state index in [0.29, 0.717) is 17.8 Å². The summed E-state index contributed by atoms with van der Waals surface area (Å²) < 4.78 is 29.7.